The van der Waals surface area contributed by atoms with Crippen molar-refractivity contribution in [1.82, 2.24) is 0 Å². The number of phenols is 1. The molecule has 1 aliphatic heterocycles. The van der Waals surface area contributed by atoms with Gasteiger partial charge in [-0.15, -0.1) is 0 Å². The van der Waals surface area contributed by atoms with E-state index in [4.69, 9.17) is 23.4 Å². The predicted octanol–water partition coefficient (Wildman–Crippen LogP) is 3.15. The lowest BCUT2D eigenvalue weighted by atomic mass is 9.92. The molecule has 130 valence electrons. The fraction of sp³-hybridized carbons (Fsp3) is 0.118. The standard InChI is InChI=1S/C17H14BBrN4O2S/c1-26-17(21)23-16-13(20)9-4-2-3-5-12(9)22-15(25-16)10-6-8(19)7-11(18)14(10)24/h2-7,15,20-22,24H,1H3. The number of halogens is 1. The Morgan fingerprint density at radius 1 is 1.38 bits per heavy atom. The summed E-state index contributed by atoms with van der Waals surface area (Å²) in [5, 5.41) is 29.8. The molecule has 2 aromatic rings. The molecule has 0 spiro atoms. The van der Waals surface area contributed by atoms with Gasteiger partial charge in [0.05, 0.1) is 5.56 Å². The van der Waals surface area contributed by atoms with Crippen molar-refractivity contribution in [3.05, 3.63) is 52.0 Å². The molecule has 2 radical (unpaired) electrons. The summed E-state index contributed by atoms with van der Waals surface area (Å²) in [6.07, 6.45) is 0.879. The van der Waals surface area contributed by atoms with E-state index in [0.717, 1.165) is 11.8 Å². The summed E-state index contributed by atoms with van der Waals surface area (Å²) in [6.45, 7) is 0. The Balaban J connectivity index is 2.15. The number of hydrogen-bond acceptors (Lipinski definition) is 6. The molecule has 0 saturated carbocycles. The smallest absolute Gasteiger partial charge is 0.244 e. The molecule has 1 heterocycles. The fourth-order valence-corrected chi connectivity index (χ4v) is 3.15. The summed E-state index contributed by atoms with van der Waals surface area (Å²) in [6, 6.07) is 10.5. The minimum absolute atomic E-state index is 0.00949. The average molecular weight is 429 g/mol. The second kappa shape index (κ2) is 7.55. The van der Waals surface area contributed by atoms with E-state index in [0.29, 0.717) is 21.3 Å². The van der Waals surface area contributed by atoms with Gasteiger partial charge in [0.25, 0.3) is 0 Å². The molecule has 0 saturated heterocycles. The van der Waals surface area contributed by atoms with Crippen molar-refractivity contribution < 1.29 is 9.84 Å². The lowest BCUT2D eigenvalue weighted by molar-refractivity contribution is 0.223. The van der Waals surface area contributed by atoms with Crippen LogP contribution < -0.4 is 10.8 Å². The maximum absolute atomic E-state index is 10.4. The third kappa shape index (κ3) is 3.63. The van der Waals surface area contributed by atoms with Gasteiger partial charge >= 0.3 is 0 Å². The number of nitrogens with zero attached hydrogens (tertiary/aromatic N) is 1. The Bertz CT molecular complexity index is 935. The Kier molecular flexibility index (Phi) is 5.38. The van der Waals surface area contributed by atoms with Gasteiger partial charge in [0, 0.05) is 15.7 Å². The van der Waals surface area contributed by atoms with Crippen LogP contribution in [0.3, 0.4) is 0 Å². The summed E-state index contributed by atoms with van der Waals surface area (Å²) in [7, 11) is 5.85. The first-order chi connectivity index (χ1) is 12.4. The van der Waals surface area contributed by atoms with E-state index >= 15 is 0 Å². The van der Waals surface area contributed by atoms with Crippen molar-refractivity contribution in [1.29, 1.82) is 10.8 Å². The Morgan fingerprint density at radius 3 is 2.85 bits per heavy atom. The Morgan fingerprint density at radius 2 is 2.12 bits per heavy atom. The highest BCUT2D eigenvalue weighted by Crippen LogP contribution is 2.33. The molecule has 2 aromatic carbocycles. The van der Waals surface area contributed by atoms with Crippen LogP contribution in [-0.2, 0) is 4.74 Å². The molecular weight excluding hydrogens is 415 g/mol. The van der Waals surface area contributed by atoms with Crippen LogP contribution in [0.15, 0.2) is 45.9 Å². The molecule has 0 fully saturated rings. The van der Waals surface area contributed by atoms with Crippen LogP contribution in [0.1, 0.15) is 17.4 Å². The van der Waals surface area contributed by atoms with Crippen LogP contribution in [0.25, 0.3) is 0 Å². The minimum Gasteiger partial charge on any atom is -0.508 e. The van der Waals surface area contributed by atoms with Gasteiger partial charge < -0.3 is 15.2 Å². The molecule has 4 N–H and O–H groups in total. The highest BCUT2D eigenvalue weighted by atomic mass is 79.9. The molecule has 0 aliphatic carbocycles. The number of para-hydroxylation sites is 1. The second-order valence-electron chi connectivity index (χ2n) is 5.42. The van der Waals surface area contributed by atoms with E-state index in [9.17, 15) is 5.11 Å². The number of anilines is 1. The van der Waals surface area contributed by atoms with Gasteiger partial charge in [-0.3, -0.25) is 10.8 Å². The zero-order valence-corrected chi connectivity index (χ0v) is 16.1. The highest BCUT2D eigenvalue weighted by Gasteiger charge is 2.28. The first-order valence-electron chi connectivity index (χ1n) is 7.51. The van der Waals surface area contributed by atoms with Gasteiger partial charge in [-0.25, -0.2) is 0 Å². The first-order valence-corrected chi connectivity index (χ1v) is 9.53. The predicted molar refractivity (Wildman–Crippen MR) is 111 cm³/mol. The summed E-state index contributed by atoms with van der Waals surface area (Å²) in [5.41, 5.74) is 1.88. The molecule has 3 rings (SSSR count). The Hall–Kier alpha value is -2.26. The molecule has 6 nitrogen and oxygen atoms in total. The molecule has 0 amide bonds. The van der Waals surface area contributed by atoms with E-state index < -0.39 is 6.23 Å². The van der Waals surface area contributed by atoms with Gasteiger partial charge in [-0.1, -0.05) is 57.4 Å². The molecule has 26 heavy (non-hydrogen) atoms. The third-order valence-electron chi connectivity index (χ3n) is 3.74. The van der Waals surface area contributed by atoms with Gasteiger partial charge in [-0.2, -0.15) is 4.99 Å². The van der Waals surface area contributed by atoms with Crippen LogP contribution >= 0.6 is 27.7 Å². The van der Waals surface area contributed by atoms with Crippen LogP contribution in [-0.4, -0.2) is 36.0 Å². The van der Waals surface area contributed by atoms with Crippen LogP contribution in [0, 0.1) is 10.8 Å². The molecular formula is C17H14BBrN4O2S. The van der Waals surface area contributed by atoms with Gasteiger partial charge in [0.1, 0.15) is 19.3 Å². The largest absolute Gasteiger partial charge is 0.508 e. The Labute approximate surface area is 164 Å². The number of phenolic OH excluding ortho intramolecular Hbond substituents is 1. The summed E-state index contributed by atoms with van der Waals surface area (Å²) in [5.74, 6) is -0.124. The average Bonchev–Trinajstić information content (AvgIpc) is 2.75. The van der Waals surface area contributed by atoms with Crippen molar-refractivity contribution in [2.24, 2.45) is 4.99 Å². The second-order valence-corrected chi connectivity index (χ2v) is 7.13. The lowest BCUT2D eigenvalue weighted by Crippen LogP contribution is -2.22. The molecule has 9 heteroatoms. The molecule has 1 unspecified atom stereocenters. The number of rotatable bonds is 1. The monoisotopic (exact) mass is 428 g/mol. The topological polar surface area (TPSA) is 102 Å². The number of aliphatic imine (C=N–C) groups is 1. The zero-order chi connectivity index (χ0) is 18.8. The van der Waals surface area contributed by atoms with E-state index in [-0.39, 0.29) is 28.0 Å². The van der Waals surface area contributed by atoms with Crippen LogP contribution in [0.4, 0.5) is 5.69 Å². The third-order valence-corrected chi connectivity index (χ3v) is 4.67. The zero-order valence-electron chi connectivity index (χ0n) is 13.7. The van der Waals surface area contributed by atoms with Crippen LogP contribution in [0.2, 0.25) is 0 Å². The normalized spacial score (nSPS) is 17.8. The lowest BCUT2D eigenvalue weighted by Gasteiger charge is -2.21. The quantitative estimate of drug-likeness (QED) is 0.318. The van der Waals surface area contributed by atoms with E-state index in [1.807, 2.05) is 12.1 Å². The highest BCUT2D eigenvalue weighted by molar-refractivity contribution is 9.10. The maximum Gasteiger partial charge on any atom is 0.244 e. The first kappa shape index (κ1) is 18.5. The number of amidine groups is 1. The minimum atomic E-state index is -0.841. The van der Waals surface area contributed by atoms with Crippen molar-refractivity contribution in [3.8, 4) is 5.75 Å². The molecule has 1 aliphatic rings. The number of fused-ring (bicyclic) bond motifs is 1. The van der Waals surface area contributed by atoms with Crippen molar-refractivity contribution in [2.45, 2.75) is 6.23 Å². The number of benzene rings is 2. The number of ether oxygens (including phenoxy) is 1. The fourth-order valence-electron chi connectivity index (χ4n) is 2.49. The van der Waals surface area contributed by atoms with E-state index in [2.05, 4.69) is 26.2 Å². The number of hydrogen-bond donors (Lipinski definition) is 4. The maximum atomic E-state index is 10.4. The summed E-state index contributed by atoms with van der Waals surface area (Å²) in [4.78, 5) is 4.10. The van der Waals surface area contributed by atoms with Gasteiger partial charge in [0.2, 0.25) is 12.1 Å². The number of thioether (sulfide) groups is 1. The molecule has 0 aromatic heterocycles. The van der Waals surface area contributed by atoms with E-state index in [1.165, 1.54) is 0 Å². The van der Waals surface area contributed by atoms with Gasteiger partial charge in [-0.05, 0) is 18.4 Å². The molecule has 1 atom stereocenters. The molecule has 0 bridgehead atoms. The number of aromatic hydroxyl groups is 1. The van der Waals surface area contributed by atoms with Crippen molar-refractivity contribution in [3.63, 3.8) is 0 Å². The summed E-state index contributed by atoms with van der Waals surface area (Å²) < 4.78 is 6.56. The van der Waals surface area contributed by atoms with Crippen LogP contribution in [0.5, 0.6) is 5.75 Å². The summed E-state index contributed by atoms with van der Waals surface area (Å²) >= 11 is 4.49. The van der Waals surface area contributed by atoms with Crippen molar-refractivity contribution >= 4 is 63.5 Å². The number of nitrogens with one attached hydrogen (secondary N) is 3. The van der Waals surface area contributed by atoms with Gasteiger partial charge in [0.15, 0.2) is 5.17 Å². The van der Waals surface area contributed by atoms with E-state index in [1.54, 1.807) is 30.5 Å². The van der Waals surface area contributed by atoms with Crippen molar-refractivity contribution in [2.75, 3.05) is 11.6 Å². The SMILES string of the molecule is [B]c1cc(Br)cc(C2Nc3ccccc3C(=N)C(=NC(=N)SC)O2)c1O.